The molecule has 1 aliphatic carbocycles. The first kappa shape index (κ1) is 24.7. The Labute approximate surface area is 196 Å². The van der Waals surface area contributed by atoms with E-state index in [0.717, 1.165) is 44.3 Å². The van der Waals surface area contributed by atoms with Crippen molar-refractivity contribution < 1.29 is 13.2 Å². The Bertz CT molecular complexity index is 1070. The molecule has 0 aromatic heterocycles. The van der Waals surface area contributed by atoms with Crippen LogP contribution in [-0.4, -0.2) is 38.4 Å². The fraction of sp³-hybridized carbons (Fsp3) is 0.458. The zero-order valence-corrected chi connectivity index (χ0v) is 20.5. The number of rotatable bonds is 10. The van der Waals surface area contributed by atoms with Crippen molar-refractivity contribution in [3.63, 3.8) is 0 Å². The van der Waals surface area contributed by atoms with Crippen molar-refractivity contribution in [1.29, 1.82) is 0 Å². The number of anilines is 1. The maximum absolute atomic E-state index is 12.7. The molecule has 1 amide bonds. The molecule has 8 heteroatoms. The smallest absolute Gasteiger partial charge is 0.240 e. The molecule has 2 aromatic rings. The highest BCUT2D eigenvalue weighted by Gasteiger charge is 2.26. The monoisotopic (exact) mass is 477 g/mol. The van der Waals surface area contributed by atoms with Crippen LogP contribution in [0.4, 0.5) is 5.69 Å². The molecule has 2 N–H and O–H groups in total. The molecule has 0 saturated heterocycles. The summed E-state index contributed by atoms with van der Waals surface area (Å²) in [6.07, 6.45) is 4.36. The molecule has 174 valence electrons. The fourth-order valence-corrected chi connectivity index (χ4v) is 5.62. The average Bonchev–Trinajstić information content (AvgIpc) is 3.16. The van der Waals surface area contributed by atoms with E-state index in [0.29, 0.717) is 11.7 Å². The molecule has 0 saturated carbocycles. The van der Waals surface area contributed by atoms with Crippen molar-refractivity contribution in [3.05, 3.63) is 58.1 Å². The minimum absolute atomic E-state index is 0.0626. The number of carbonyl (C=O) groups excluding carboxylic acids is 1. The Morgan fingerprint density at radius 2 is 1.75 bits per heavy atom. The van der Waals surface area contributed by atoms with E-state index in [1.54, 1.807) is 0 Å². The highest BCUT2D eigenvalue weighted by atomic mass is 35.5. The van der Waals surface area contributed by atoms with Crippen LogP contribution in [0.3, 0.4) is 0 Å². The summed E-state index contributed by atoms with van der Waals surface area (Å²) in [6.45, 7) is 8.24. The average molecular weight is 478 g/mol. The first-order valence-electron chi connectivity index (χ1n) is 11.1. The third kappa shape index (κ3) is 6.10. The van der Waals surface area contributed by atoms with E-state index in [4.69, 9.17) is 11.6 Å². The van der Waals surface area contributed by atoms with Gasteiger partial charge in [-0.05, 0) is 73.7 Å². The molecule has 0 unspecified atom stereocenters. The quantitative estimate of drug-likeness (QED) is 0.532. The Morgan fingerprint density at radius 1 is 1.06 bits per heavy atom. The Morgan fingerprint density at radius 3 is 2.38 bits per heavy atom. The molecular weight excluding hydrogens is 446 g/mol. The zero-order chi connectivity index (χ0) is 23.3. The molecule has 0 radical (unpaired) electrons. The molecule has 32 heavy (non-hydrogen) atoms. The molecule has 6 nitrogen and oxygen atoms in total. The molecule has 0 fully saturated rings. The van der Waals surface area contributed by atoms with Gasteiger partial charge in [0.2, 0.25) is 15.9 Å². The Balaban J connectivity index is 1.66. The SMILES string of the molecule is CCCN(CCC)[C@@H]1Cc2ccc(CNS(=O)(=O)c3ccc(NC(C)=O)c(Cl)c3)cc2C1. The van der Waals surface area contributed by atoms with E-state index in [1.807, 2.05) is 6.07 Å². The number of nitrogens with one attached hydrogen (secondary N) is 2. The largest absolute Gasteiger partial charge is 0.325 e. The molecular formula is C24H32ClN3O3S. The van der Waals surface area contributed by atoms with Crippen molar-refractivity contribution in [2.75, 3.05) is 18.4 Å². The topological polar surface area (TPSA) is 78.5 Å². The van der Waals surface area contributed by atoms with E-state index in [2.05, 4.69) is 40.9 Å². The van der Waals surface area contributed by atoms with E-state index in [-0.39, 0.29) is 22.4 Å². The van der Waals surface area contributed by atoms with Crippen molar-refractivity contribution in [2.45, 2.75) is 63.9 Å². The zero-order valence-electron chi connectivity index (χ0n) is 18.9. The van der Waals surface area contributed by atoms with Crippen LogP contribution in [-0.2, 0) is 34.2 Å². The van der Waals surface area contributed by atoms with Gasteiger partial charge in [0, 0.05) is 19.5 Å². The summed E-state index contributed by atoms with van der Waals surface area (Å²) in [5.74, 6) is -0.271. The Hall–Kier alpha value is -1.93. The molecule has 2 aromatic carbocycles. The standard InChI is InChI=1S/C24H32ClN3O3S/c1-4-10-28(11-5-2)21-13-19-7-6-18(12-20(19)14-21)16-26-32(30,31)22-8-9-24(23(25)15-22)27-17(3)29/h6-9,12,15,21,26H,4-5,10-11,13-14,16H2,1-3H3,(H,27,29)/t21-/m1/s1. The van der Waals surface area contributed by atoms with Gasteiger partial charge < -0.3 is 5.32 Å². The number of hydrogen-bond acceptors (Lipinski definition) is 4. The Kier molecular flexibility index (Phi) is 8.33. The predicted octanol–water partition coefficient (Wildman–Crippen LogP) is 4.37. The first-order valence-corrected chi connectivity index (χ1v) is 13.0. The van der Waals surface area contributed by atoms with Gasteiger partial charge in [0.25, 0.3) is 0 Å². The van der Waals surface area contributed by atoms with Crippen molar-refractivity contribution in [2.24, 2.45) is 0 Å². The lowest BCUT2D eigenvalue weighted by molar-refractivity contribution is -0.114. The predicted molar refractivity (Wildman–Crippen MR) is 130 cm³/mol. The van der Waals surface area contributed by atoms with Gasteiger partial charge in [-0.25, -0.2) is 13.1 Å². The lowest BCUT2D eigenvalue weighted by Crippen LogP contribution is -2.37. The van der Waals surface area contributed by atoms with Crippen LogP contribution in [0.2, 0.25) is 5.02 Å². The maximum Gasteiger partial charge on any atom is 0.240 e. The van der Waals surface area contributed by atoms with E-state index >= 15 is 0 Å². The van der Waals surface area contributed by atoms with Crippen LogP contribution in [0, 0.1) is 0 Å². The van der Waals surface area contributed by atoms with Crippen LogP contribution >= 0.6 is 11.6 Å². The lowest BCUT2D eigenvalue weighted by atomic mass is 10.1. The number of amides is 1. The van der Waals surface area contributed by atoms with Crippen LogP contribution in [0.1, 0.15) is 50.3 Å². The van der Waals surface area contributed by atoms with Gasteiger partial charge in [0.15, 0.2) is 0 Å². The van der Waals surface area contributed by atoms with Crippen LogP contribution in [0.5, 0.6) is 0 Å². The number of benzene rings is 2. The second-order valence-corrected chi connectivity index (χ2v) is 10.5. The summed E-state index contributed by atoms with van der Waals surface area (Å²) in [7, 11) is -3.73. The number of nitrogens with zero attached hydrogens (tertiary/aromatic N) is 1. The third-order valence-corrected chi connectivity index (χ3v) is 7.46. The minimum Gasteiger partial charge on any atom is -0.325 e. The molecule has 1 atom stereocenters. The first-order chi connectivity index (χ1) is 15.2. The number of carbonyl (C=O) groups is 1. The summed E-state index contributed by atoms with van der Waals surface area (Å²) in [4.78, 5) is 13.8. The minimum atomic E-state index is -3.73. The lowest BCUT2D eigenvalue weighted by Gasteiger charge is -2.27. The summed E-state index contributed by atoms with van der Waals surface area (Å²) < 4.78 is 28.2. The van der Waals surface area contributed by atoms with Crippen molar-refractivity contribution in [1.82, 2.24) is 9.62 Å². The van der Waals surface area contributed by atoms with Gasteiger partial charge in [-0.15, -0.1) is 0 Å². The van der Waals surface area contributed by atoms with Crippen LogP contribution in [0.25, 0.3) is 0 Å². The van der Waals surface area contributed by atoms with Crippen molar-refractivity contribution in [3.8, 4) is 0 Å². The van der Waals surface area contributed by atoms with Gasteiger partial charge in [-0.1, -0.05) is 43.6 Å². The molecule has 0 spiro atoms. The van der Waals surface area contributed by atoms with Gasteiger partial charge >= 0.3 is 0 Å². The maximum atomic E-state index is 12.7. The number of halogens is 1. The van der Waals surface area contributed by atoms with Crippen LogP contribution < -0.4 is 10.0 Å². The van der Waals surface area contributed by atoms with Gasteiger partial charge in [0.1, 0.15) is 0 Å². The van der Waals surface area contributed by atoms with E-state index in [1.165, 1.54) is 36.2 Å². The highest BCUT2D eigenvalue weighted by molar-refractivity contribution is 7.89. The van der Waals surface area contributed by atoms with E-state index in [9.17, 15) is 13.2 Å². The third-order valence-electron chi connectivity index (χ3n) is 5.75. The van der Waals surface area contributed by atoms with E-state index < -0.39 is 10.0 Å². The molecule has 0 heterocycles. The van der Waals surface area contributed by atoms with Gasteiger partial charge in [0.05, 0.1) is 15.6 Å². The summed E-state index contributed by atoms with van der Waals surface area (Å²) in [6, 6.07) is 11.1. The second kappa shape index (κ2) is 10.8. The fourth-order valence-electron chi connectivity index (χ4n) is 4.28. The normalized spacial score (nSPS) is 15.7. The highest BCUT2D eigenvalue weighted by Crippen LogP contribution is 2.28. The van der Waals surface area contributed by atoms with Crippen molar-refractivity contribution >= 4 is 33.2 Å². The van der Waals surface area contributed by atoms with Gasteiger partial charge in [-0.3, -0.25) is 9.69 Å². The summed E-state index contributed by atoms with van der Waals surface area (Å²) in [5.41, 5.74) is 3.99. The second-order valence-electron chi connectivity index (χ2n) is 8.35. The molecule has 0 aliphatic heterocycles. The number of fused-ring (bicyclic) bond motifs is 1. The van der Waals surface area contributed by atoms with Crippen LogP contribution in [0.15, 0.2) is 41.3 Å². The molecule has 3 rings (SSSR count). The van der Waals surface area contributed by atoms with Gasteiger partial charge in [-0.2, -0.15) is 0 Å². The number of sulfonamides is 1. The number of hydrogen-bond donors (Lipinski definition) is 2. The molecule has 1 aliphatic rings. The molecule has 0 bridgehead atoms. The summed E-state index contributed by atoms with van der Waals surface area (Å²) >= 11 is 6.13. The summed E-state index contributed by atoms with van der Waals surface area (Å²) in [5, 5.41) is 2.75.